The maximum atomic E-state index is 9.37. The predicted molar refractivity (Wildman–Crippen MR) is 52.8 cm³/mol. The number of fused-ring (bicyclic) bond motifs is 1. The Morgan fingerprint density at radius 3 is 2.57 bits per heavy atom. The molecule has 0 spiro atoms. The fourth-order valence-electron chi connectivity index (χ4n) is 0.906. The van der Waals surface area contributed by atoms with E-state index in [1.807, 2.05) is 30.3 Å². The Bertz CT molecular complexity index is 378. The first-order chi connectivity index (χ1) is 6.74. The van der Waals surface area contributed by atoms with E-state index in [1.54, 1.807) is 6.26 Å². The number of amides is 1. The molecular weight excluding hydrogens is 182 g/mol. The van der Waals surface area contributed by atoms with Crippen LogP contribution in [0.3, 0.4) is 0 Å². The Morgan fingerprint density at radius 2 is 2.00 bits per heavy atom. The van der Waals surface area contributed by atoms with Crippen LogP contribution in [0.4, 0.5) is 4.79 Å². The van der Waals surface area contributed by atoms with Crippen molar-refractivity contribution >= 4 is 17.1 Å². The number of rotatable bonds is 0. The second kappa shape index (κ2) is 4.91. The van der Waals surface area contributed by atoms with E-state index in [9.17, 15) is 4.79 Å². The van der Waals surface area contributed by atoms with Crippen LogP contribution in [-0.2, 0) is 4.74 Å². The van der Waals surface area contributed by atoms with Gasteiger partial charge in [0, 0.05) is 5.39 Å². The first kappa shape index (κ1) is 10.1. The lowest BCUT2D eigenvalue weighted by molar-refractivity contribution is 0.182. The zero-order chi connectivity index (χ0) is 10.4. The number of carbonyl (C=O) groups excluding carboxylic acids is 1. The lowest BCUT2D eigenvalue weighted by atomic mass is 10.3. The lowest BCUT2D eigenvalue weighted by Gasteiger charge is -1.81. The van der Waals surface area contributed by atoms with E-state index in [1.165, 1.54) is 7.11 Å². The monoisotopic (exact) mass is 193 g/mol. The van der Waals surface area contributed by atoms with E-state index >= 15 is 0 Å². The topological polar surface area (TPSA) is 65.5 Å². The Hall–Kier alpha value is -1.97. The van der Waals surface area contributed by atoms with Crippen molar-refractivity contribution in [3.8, 4) is 0 Å². The number of nitrogens with two attached hydrogens (primary N) is 1. The molecule has 0 bridgehead atoms. The standard InChI is InChI=1S/C8H6O.C2H5NO2/c1-2-4-8-7(3-1)5-6-9-8;1-5-2(3)4/h1-6H;1H3,(H2,3,4). The second-order valence-electron chi connectivity index (χ2n) is 2.48. The minimum atomic E-state index is -0.745. The van der Waals surface area contributed by atoms with Gasteiger partial charge in [0.15, 0.2) is 0 Å². The molecule has 0 radical (unpaired) electrons. The first-order valence-electron chi connectivity index (χ1n) is 3.99. The van der Waals surface area contributed by atoms with Crippen molar-refractivity contribution in [1.82, 2.24) is 0 Å². The Balaban J connectivity index is 0.000000171. The van der Waals surface area contributed by atoms with Crippen molar-refractivity contribution in [2.45, 2.75) is 0 Å². The molecule has 0 atom stereocenters. The molecule has 0 fully saturated rings. The number of hydrogen-bond acceptors (Lipinski definition) is 3. The number of para-hydroxylation sites is 1. The SMILES string of the molecule is COC(N)=O.c1ccc2occc2c1. The van der Waals surface area contributed by atoms with Gasteiger partial charge in [-0.3, -0.25) is 0 Å². The van der Waals surface area contributed by atoms with Gasteiger partial charge in [0.1, 0.15) is 5.58 Å². The van der Waals surface area contributed by atoms with Gasteiger partial charge in [-0.1, -0.05) is 18.2 Å². The van der Waals surface area contributed by atoms with Gasteiger partial charge in [0.2, 0.25) is 0 Å². The molecule has 2 N–H and O–H groups in total. The van der Waals surface area contributed by atoms with Crippen LogP contribution in [-0.4, -0.2) is 13.2 Å². The molecule has 2 rings (SSSR count). The summed E-state index contributed by atoms with van der Waals surface area (Å²) < 4.78 is 9.01. The molecular formula is C10H11NO3. The maximum Gasteiger partial charge on any atom is 0.404 e. The third-order valence-corrected chi connectivity index (χ3v) is 1.56. The van der Waals surface area contributed by atoms with Gasteiger partial charge in [0.25, 0.3) is 0 Å². The molecule has 2 aromatic rings. The Kier molecular flexibility index (Phi) is 3.55. The summed E-state index contributed by atoms with van der Waals surface area (Å²) >= 11 is 0. The van der Waals surface area contributed by atoms with Gasteiger partial charge in [-0.2, -0.15) is 0 Å². The molecule has 0 aliphatic carbocycles. The van der Waals surface area contributed by atoms with Crippen LogP contribution in [0.25, 0.3) is 11.0 Å². The number of hydrogen-bond donors (Lipinski definition) is 1. The minimum Gasteiger partial charge on any atom is -0.464 e. The molecule has 4 nitrogen and oxygen atoms in total. The Morgan fingerprint density at radius 1 is 1.36 bits per heavy atom. The number of primary amides is 1. The zero-order valence-corrected chi connectivity index (χ0v) is 7.77. The molecule has 0 saturated carbocycles. The van der Waals surface area contributed by atoms with Gasteiger partial charge < -0.3 is 14.9 Å². The highest BCUT2D eigenvalue weighted by Gasteiger charge is 1.89. The number of ether oxygens (including phenoxy) is 1. The van der Waals surface area contributed by atoms with Gasteiger partial charge in [-0.15, -0.1) is 0 Å². The van der Waals surface area contributed by atoms with Crippen LogP contribution in [0.1, 0.15) is 0 Å². The fraction of sp³-hybridized carbons (Fsp3) is 0.100. The molecule has 0 saturated heterocycles. The molecule has 0 aliphatic heterocycles. The molecule has 1 aromatic heterocycles. The van der Waals surface area contributed by atoms with E-state index in [-0.39, 0.29) is 0 Å². The van der Waals surface area contributed by atoms with Crippen LogP contribution >= 0.6 is 0 Å². The molecule has 1 heterocycles. The lowest BCUT2D eigenvalue weighted by Crippen LogP contribution is -2.08. The molecule has 74 valence electrons. The summed E-state index contributed by atoms with van der Waals surface area (Å²) in [5.41, 5.74) is 5.39. The number of carbonyl (C=O) groups is 1. The van der Waals surface area contributed by atoms with E-state index in [4.69, 9.17) is 4.42 Å². The van der Waals surface area contributed by atoms with Gasteiger partial charge >= 0.3 is 6.09 Å². The van der Waals surface area contributed by atoms with Crippen molar-refractivity contribution in [2.24, 2.45) is 5.73 Å². The number of benzene rings is 1. The van der Waals surface area contributed by atoms with E-state index in [0.29, 0.717) is 0 Å². The van der Waals surface area contributed by atoms with Crippen molar-refractivity contribution < 1.29 is 13.9 Å². The first-order valence-corrected chi connectivity index (χ1v) is 3.99. The normalized spacial score (nSPS) is 8.93. The summed E-state index contributed by atoms with van der Waals surface area (Å²) in [6, 6.07) is 9.90. The average Bonchev–Trinajstić information content (AvgIpc) is 2.66. The molecule has 14 heavy (non-hydrogen) atoms. The molecule has 0 unspecified atom stereocenters. The fourth-order valence-corrected chi connectivity index (χ4v) is 0.906. The van der Waals surface area contributed by atoms with E-state index in [0.717, 1.165) is 11.0 Å². The highest BCUT2D eigenvalue weighted by atomic mass is 16.5. The van der Waals surface area contributed by atoms with E-state index in [2.05, 4.69) is 10.5 Å². The van der Waals surface area contributed by atoms with Crippen LogP contribution in [0.2, 0.25) is 0 Å². The summed E-state index contributed by atoms with van der Waals surface area (Å²) in [4.78, 5) is 9.37. The highest BCUT2D eigenvalue weighted by Crippen LogP contribution is 2.12. The second-order valence-corrected chi connectivity index (χ2v) is 2.48. The number of methoxy groups -OCH3 is 1. The summed E-state index contributed by atoms with van der Waals surface area (Å²) in [5.74, 6) is 0. The predicted octanol–water partition coefficient (Wildman–Crippen LogP) is 2.14. The summed E-state index contributed by atoms with van der Waals surface area (Å²) in [6.45, 7) is 0. The van der Waals surface area contributed by atoms with Gasteiger partial charge in [-0.05, 0) is 12.1 Å². The summed E-state index contributed by atoms with van der Waals surface area (Å²) in [6.07, 6.45) is 0.954. The summed E-state index contributed by atoms with van der Waals surface area (Å²) in [7, 11) is 1.22. The minimum absolute atomic E-state index is 0.745. The van der Waals surface area contributed by atoms with Crippen molar-refractivity contribution in [3.05, 3.63) is 36.6 Å². The molecule has 1 amide bonds. The molecule has 4 heteroatoms. The third-order valence-electron chi connectivity index (χ3n) is 1.56. The molecule has 1 aromatic carbocycles. The smallest absolute Gasteiger partial charge is 0.404 e. The van der Waals surface area contributed by atoms with E-state index < -0.39 is 6.09 Å². The zero-order valence-electron chi connectivity index (χ0n) is 7.77. The Labute approximate surface area is 81.3 Å². The van der Waals surface area contributed by atoms with Crippen LogP contribution in [0, 0.1) is 0 Å². The largest absolute Gasteiger partial charge is 0.464 e. The van der Waals surface area contributed by atoms with Crippen LogP contribution < -0.4 is 5.73 Å². The van der Waals surface area contributed by atoms with Crippen molar-refractivity contribution in [1.29, 1.82) is 0 Å². The average molecular weight is 193 g/mol. The van der Waals surface area contributed by atoms with Crippen molar-refractivity contribution in [2.75, 3.05) is 7.11 Å². The third kappa shape index (κ3) is 2.82. The van der Waals surface area contributed by atoms with Gasteiger partial charge in [0.05, 0.1) is 13.4 Å². The van der Waals surface area contributed by atoms with Crippen LogP contribution in [0.5, 0.6) is 0 Å². The van der Waals surface area contributed by atoms with Gasteiger partial charge in [-0.25, -0.2) is 4.79 Å². The highest BCUT2D eigenvalue weighted by molar-refractivity contribution is 5.76. The molecule has 0 aliphatic rings. The number of furan rings is 1. The van der Waals surface area contributed by atoms with Crippen molar-refractivity contribution in [3.63, 3.8) is 0 Å². The summed E-state index contributed by atoms with van der Waals surface area (Å²) in [5, 5.41) is 1.16. The maximum absolute atomic E-state index is 9.37. The quantitative estimate of drug-likeness (QED) is 0.697. The van der Waals surface area contributed by atoms with Crippen LogP contribution in [0.15, 0.2) is 41.0 Å².